The third-order valence-corrected chi connectivity index (χ3v) is 7.21. The molecule has 0 bridgehead atoms. The van der Waals surface area contributed by atoms with Gasteiger partial charge in [0.2, 0.25) is 0 Å². The number of sulfonamides is 1. The van der Waals surface area contributed by atoms with Crippen LogP contribution in [0.1, 0.15) is 23.5 Å². The Hall–Kier alpha value is -1.21. The Morgan fingerprint density at radius 3 is 2.71 bits per heavy atom. The van der Waals surface area contributed by atoms with Gasteiger partial charge in [-0.1, -0.05) is 30.3 Å². The monoisotopic (exact) mass is 322 g/mol. The zero-order valence-corrected chi connectivity index (χ0v) is 13.2. The molecule has 0 radical (unpaired) electrons. The van der Waals surface area contributed by atoms with Crippen LogP contribution in [-0.2, 0) is 16.6 Å². The minimum absolute atomic E-state index is 0.287. The zero-order valence-electron chi connectivity index (χ0n) is 11.6. The lowest BCUT2D eigenvalue weighted by molar-refractivity contribution is 0.474. The fourth-order valence-electron chi connectivity index (χ4n) is 2.67. The third kappa shape index (κ3) is 2.89. The standard InChI is InChI=1S/C15H18N2O2S2/c16-9-12-8-15(20-11-12)21(18,19)17-7-6-14(10-17)13-4-2-1-3-5-13/h1-5,8,11,14H,6-7,9-10,16H2. The molecule has 1 aromatic carbocycles. The van der Waals surface area contributed by atoms with Crippen molar-refractivity contribution in [3.8, 4) is 0 Å². The predicted molar refractivity (Wildman–Crippen MR) is 84.8 cm³/mol. The SMILES string of the molecule is NCc1csc(S(=O)(=O)N2CCC(c3ccccc3)C2)c1. The lowest BCUT2D eigenvalue weighted by atomic mass is 9.99. The third-order valence-electron chi connectivity index (χ3n) is 3.88. The molecule has 0 spiro atoms. The van der Waals surface area contributed by atoms with E-state index in [9.17, 15) is 8.42 Å². The number of nitrogens with zero attached hydrogens (tertiary/aromatic N) is 1. The summed E-state index contributed by atoms with van der Waals surface area (Å²) in [5.41, 5.74) is 7.64. The maximum Gasteiger partial charge on any atom is 0.252 e. The Kier molecular flexibility index (Phi) is 4.12. The molecule has 1 aliphatic heterocycles. The molecule has 0 saturated carbocycles. The van der Waals surface area contributed by atoms with E-state index in [1.54, 1.807) is 10.4 Å². The summed E-state index contributed by atoms with van der Waals surface area (Å²) >= 11 is 1.26. The first-order chi connectivity index (χ1) is 10.1. The second kappa shape index (κ2) is 5.88. The van der Waals surface area contributed by atoms with Gasteiger partial charge in [-0.25, -0.2) is 8.42 Å². The van der Waals surface area contributed by atoms with Gasteiger partial charge in [0.05, 0.1) is 0 Å². The number of rotatable bonds is 4. The van der Waals surface area contributed by atoms with Gasteiger partial charge in [-0.05, 0) is 34.9 Å². The van der Waals surface area contributed by atoms with Gasteiger partial charge in [0.1, 0.15) is 4.21 Å². The van der Waals surface area contributed by atoms with E-state index in [1.807, 2.05) is 23.6 Å². The first kappa shape index (κ1) is 14.7. The van der Waals surface area contributed by atoms with Crippen molar-refractivity contribution in [1.82, 2.24) is 4.31 Å². The van der Waals surface area contributed by atoms with Gasteiger partial charge in [-0.3, -0.25) is 0 Å². The molecule has 2 aromatic rings. The van der Waals surface area contributed by atoms with Crippen LogP contribution < -0.4 is 5.73 Å². The highest BCUT2D eigenvalue weighted by atomic mass is 32.2. The van der Waals surface area contributed by atoms with Crippen LogP contribution >= 0.6 is 11.3 Å². The highest BCUT2D eigenvalue weighted by Crippen LogP contribution is 2.32. The fourth-order valence-corrected chi connectivity index (χ4v) is 5.54. The summed E-state index contributed by atoms with van der Waals surface area (Å²) < 4.78 is 27.3. The summed E-state index contributed by atoms with van der Waals surface area (Å²) in [6, 6.07) is 11.8. The minimum Gasteiger partial charge on any atom is -0.326 e. The van der Waals surface area contributed by atoms with Crippen LogP contribution in [0.3, 0.4) is 0 Å². The Morgan fingerprint density at radius 2 is 2.05 bits per heavy atom. The van der Waals surface area contributed by atoms with Gasteiger partial charge >= 0.3 is 0 Å². The van der Waals surface area contributed by atoms with Gasteiger partial charge < -0.3 is 5.73 Å². The van der Waals surface area contributed by atoms with Crippen molar-refractivity contribution in [3.63, 3.8) is 0 Å². The molecule has 1 aromatic heterocycles. The molecule has 21 heavy (non-hydrogen) atoms. The predicted octanol–water partition coefficient (Wildman–Crippen LogP) is 2.39. The van der Waals surface area contributed by atoms with Gasteiger partial charge in [0.15, 0.2) is 0 Å². The summed E-state index contributed by atoms with van der Waals surface area (Å²) in [7, 11) is -3.37. The summed E-state index contributed by atoms with van der Waals surface area (Å²) in [6.45, 7) is 1.51. The Balaban J connectivity index is 1.79. The van der Waals surface area contributed by atoms with Crippen molar-refractivity contribution in [2.45, 2.75) is 23.1 Å². The maximum atomic E-state index is 12.6. The van der Waals surface area contributed by atoms with Crippen LogP contribution in [0, 0.1) is 0 Å². The van der Waals surface area contributed by atoms with Crippen molar-refractivity contribution in [3.05, 3.63) is 52.9 Å². The van der Waals surface area contributed by atoms with E-state index in [-0.39, 0.29) is 5.92 Å². The minimum atomic E-state index is -3.37. The summed E-state index contributed by atoms with van der Waals surface area (Å²) in [6.07, 6.45) is 0.873. The lowest BCUT2D eigenvalue weighted by Gasteiger charge is -2.15. The Bertz CT molecular complexity index is 710. The normalized spacial score (nSPS) is 20.0. The molecular formula is C15H18N2O2S2. The van der Waals surface area contributed by atoms with E-state index in [0.29, 0.717) is 23.8 Å². The number of hydrogen-bond donors (Lipinski definition) is 1. The van der Waals surface area contributed by atoms with Crippen LogP contribution in [0.2, 0.25) is 0 Å². The highest BCUT2D eigenvalue weighted by molar-refractivity contribution is 7.91. The van der Waals surface area contributed by atoms with Crippen LogP contribution in [0.25, 0.3) is 0 Å². The molecule has 112 valence electrons. The topological polar surface area (TPSA) is 63.4 Å². The van der Waals surface area contributed by atoms with Crippen molar-refractivity contribution in [1.29, 1.82) is 0 Å². The number of hydrogen-bond acceptors (Lipinski definition) is 4. The molecule has 2 N–H and O–H groups in total. The molecule has 3 rings (SSSR count). The van der Waals surface area contributed by atoms with Crippen molar-refractivity contribution in [2.24, 2.45) is 5.73 Å². The average molecular weight is 322 g/mol. The van der Waals surface area contributed by atoms with E-state index in [2.05, 4.69) is 12.1 Å². The zero-order chi connectivity index (χ0) is 14.9. The summed E-state index contributed by atoms with van der Waals surface area (Å²) in [5.74, 6) is 0.287. The fraction of sp³-hybridized carbons (Fsp3) is 0.333. The molecule has 1 unspecified atom stereocenters. The number of thiophene rings is 1. The molecule has 1 aliphatic rings. The van der Waals surface area contributed by atoms with Gasteiger partial charge in [0.25, 0.3) is 10.0 Å². The van der Waals surface area contributed by atoms with Crippen LogP contribution in [0.4, 0.5) is 0 Å². The van der Waals surface area contributed by atoms with Gasteiger partial charge in [0, 0.05) is 19.6 Å². The van der Waals surface area contributed by atoms with Crippen LogP contribution in [0.15, 0.2) is 46.0 Å². The molecule has 1 atom stereocenters. The lowest BCUT2D eigenvalue weighted by Crippen LogP contribution is -2.28. The number of nitrogens with two attached hydrogens (primary N) is 1. The van der Waals surface area contributed by atoms with Crippen molar-refractivity contribution < 1.29 is 8.42 Å². The largest absolute Gasteiger partial charge is 0.326 e. The quantitative estimate of drug-likeness (QED) is 0.940. The van der Waals surface area contributed by atoms with Crippen molar-refractivity contribution in [2.75, 3.05) is 13.1 Å². The van der Waals surface area contributed by atoms with E-state index in [4.69, 9.17) is 5.73 Å². The summed E-state index contributed by atoms with van der Waals surface area (Å²) in [5, 5.41) is 1.82. The van der Waals surface area contributed by atoms with Gasteiger partial charge in [-0.2, -0.15) is 4.31 Å². The van der Waals surface area contributed by atoms with E-state index >= 15 is 0 Å². The molecule has 1 saturated heterocycles. The van der Waals surface area contributed by atoms with Crippen molar-refractivity contribution >= 4 is 21.4 Å². The van der Waals surface area contributed by atoms with Gasteiger partial charge in [-0.15, -0.1) is 11.3 Å². The first-order valence-corrected chi connectivity index (χ1v) is 9.26. The molecule has 0 amide bonds. The van der Waals surface area contributed by atoms with Crippen LogP contribution in [-0.4, -0.2) is 25.8 Å². The Labute approximate surface area is 129 Å². The summed E-state index contributed by atoms with van der Waals surface area (Å²) in [4.78, 5) is 0. The van der Waals surface area contributed by atoms with E-state index < -0.39 is 10.0 Å². The molecule has 1 fully saturated rings. The molecule has 6 heteroatoms. The second-order valence-electron chi connectivity index (χ2n) is 5.24. The highest BCUT2D eigenvalue weighted by Gasteiger charge is 2.33. The smallest absolute Gasteiger partial charge is 0.252 e. The van der Waals surface area contributed by atoms with E-state index in [1.165, 1.54) is 16.9 Å². The average Bonchev–Trinajstić information content (AvgIpc) is 3.18. The van der Waals surface area contributed by atoms with E-state index in [0.717, 1.165) is 12.0 Å². The number of benzene rings is 1. The molecule has 2 heterocycles. The van der Waals surface area contributed by atoms with Crippen LogP contribution in [0.5, 0.6) is 0 Å². The first-order valence-electron chi connectivity index (χ1n) is 6.94. The maximum absolute atomic E-state index is 12.6. The second-order valence-corrected chi connectivity index (χ2v) is 8.31. The molecule has 4 nitrogen and oxygen atoms in total. The molecule has 0 aliphatic carbocycles. The Morgan fingerprint density at radius 1 is 1.29 bits per heavy atom. The molecular weight excluding hydrogens is 304 g/mol.